The summed E-state index contributed by atoms with van der Waals surface area (Å²) in [5, 5.41) is 3.84. The Balaban J connectivity index is 0.000001000. The van der Waals surface area contributed by atoms with Crippen LogP contribution in [-0.4, -0.2) is 0 Å². The first-order valence-corrected chi connectivity index (χ1v) is 3.66. The topological polar surface area (TPSA) is 35.2 Å². The van der Waals surface area contributed by atoms with E-state index in [0.29, 0.717) is 0 Å². The summed E-state index contributed by atoms with van der Waals surface area (Å²) >= 11 is 1.57. The fraction of sp³-hybridized carbons (Fsp3) is 0.143. The molecule has 0 bridgehead atoms. The highest BCUT2D eigenvalue weighted by atomic mass is 35.5. The summed E-state index contributed by atoms with van der Waals surface area (Å²) in [6.45, 7) is 0. The molecule has 11 heavy (non-hydrogen) atoms. The molecule has 2 N–H and O–H groups in total. The summed E-state index contributed by atoms with van der Waals surface area (Å²) < 4.78 is 0. The van der Waals surface area contributed by atoms with Crippen molar-refractivity contribution in [3.63, 3.8) is 0 Å². The number of nitrogens with two attached hydrogens (primary N) is 1. The monoisotopic (exact) mass is 189 g/mol. The first-order valence-electron chi connectivity index (χ1n) is 2.72. The minimum atomic E-state index is -0.397. The van der Waals surface area contributed by atoms with E-state index in [1.54, 1.807) is 11.3 Å². The van der Waals surface area contributed by atoms with Crippen molar-refractivity contribution < 1.29 is 4.84 Å². The molecule has 1 aromatic heterocycles. The molecule has 0 aromatic carbocycles. The molecule has 0 saturated heterocycles. The van der Waals surface area contributed by atoms with Gasteiger partial charge in [-0.2, -0.15) is 11.3 Å². The molecular weight excluding hydrogens is 182 g/mol. The van der Waals surface area contributed by atoms with Gasteiger partial charge in [0.1, 0.15) is 0 Å². The van der Waals surface area contributed by atoms with Crippen LogP contribution >= 0.6 is 23.7 Å². The van der Waals surface area contributed by atoms with Crippen LogP contribution in [-0.2, 0) is 4.84 Å². The molecule has 1 aromatic rings. The van der Waals surface area contributed by atoms with Crippen LogP contribution in [0.5, 0.6) is 0 Å². The SMILES string of the molecule is C#CC(ON)c1ccsc1.Cl. The first-order chi connectivity index (χ1) is 4.88. The number of hydrogen-bond acceptors (Lipinski definition) is 3. The Labute approximate surface area is 75.7 Å². The fourth-order valence-corrected chi connectivity index (χ4v) is 1.31. The lowest BCUT2D eigenvalue weighted by atomic mass is 10.2. The van der Waals surface area contributed by atoms with Crippen molar-refractivity contribution in [2.45, 2.75) is 6.10 Å². The van der Waals surface area contributed by atoms with Gasteiger partial charge < -0.3 is 0 Å². The van der Waals surface area contributed by atoms with Gasteiger partial charge in [0, 0.05) is 5.56 Å². The van der Waals surface area contributed by atoms with Gasteiger partial charge >= 0.3 is 0 Å². The van der Waals surface area contributed by atoms with E-state index in [2.05, 4.69) is 10.8 Å². The number of rotatable bonds is 2. The van der Waals surface area contributed by atoms with Gasteiger partial charge in [-0.3, -0.25) is 4.84 Å². The Morgan fingerprint density at radius 3 is 2.82 bits per heavy atom. The predicted molar refractivity (Wildman–Crippen MR) is 48.4 cm³/mol. The maximum atomic E-state index is 5.12. The number of thiophene rings is 1. The van der Waals surface area contributed by atoms with Crippen LogP contribution in [0, 0.1) is 12.3 Å². The Morgan fingerprint density at radius 2 is 2.45 bits per heavy atom. The standard InChI is InChI=1S/C7H7NOS.ClH/c1-2-7(9-8)6-3-4-10-5-6;/h1,3-5,7H,8H2;1H. The maximum absolute atomic E-state index is 5.12. The summed E-state index contributed by atoms with van der Waals surface area (Å²) in [6, 6.07) is 1.89. The summed E-state index contributed by atoms with van der Waals surface area (Å²) in [5.41, 5.74) is 0.940. The molecular formula is C7H8ClNOS. The lowest BCUT2D eigenvalue weighted by Gasteiger charge is -2.02. The lowest BCUT2D eigenvalue weighted by Crippen LogP contribution is -2.05. The van der Waals surface area contributed by atoms with E-state index in [9.17, 15) is 0 Å². The Kier molecular flexibility index (Phi) is 4.92. The van der Waals surface area contributed by atoms with E-state index < -0.39 is 6.10 Å². The molecule has 2 nitrogen and oxygen atoms in total. The molecule has 0 fully saturated rings. The van der Waals surface area contributed by atoms with Gasteiger partial charge in [-0.1, -0.05) is 5.92 Å². The highest BCUT2D eigenvalue weighted by Gasteiger charge is 2.05. The van der Waals surface area contributed by atoms with Crippen LogP contribution in [0.2, 0.25) is 0 Å². The number of terminal acetylenes is 1. The molecule has 1 unspecified atom stereocenters. The molecule has 0 aliphatic carbocycles. The third kappa shape index (κ3) is 2.52. The van der Waals surface area contributed by atoms with Crippen LogP contribution in [0.4, 0.5) is 0 Å². The van der Waals surface area contributed by atoms with Gasteiger partial charge in [-0.15, -0.1) is 18.8 Å². The molecule has 4 heteroatoms. The normalized spacial score (nSPS) is 11.3. The first kappa shape index (κ1) is 10.5. The Hall–Kier alpha value is -0.530. The molecule has 0 spiro atoms. The van der Waals surface area contributed by atoms with Crippen LogP contribution in [0.3, 0.4) is 0 Å². The van der Waals surface area contributed by atoms with Crippen molar-refractivity contribution in [1.82, 2.24) is 0 Å². The van der Waals surface area contributed by atoms with Crippen molar-refractivity contribution in [1.29, 1.82) is 0 Å². The van der Waals surface area contributed by atoms with Gasteiger partial charge in [-0.25, -0.2) is 5.90 Å². The zero-order valence-corrected chi connectivity index (χ0v) is 7.32. The van der Waals surface area contributed by atoms with E-state index in [-0.39, 0.29) is 12.4 Å². The average molecular weight is 190 g/mol. The van der Waals surface area contributed by atoms with Gasteiger partial charge in [0.25, 0.3) is 0 Å². The van der Waals surface area contributed by atoms with Crippen molar-refractivity contribution in [3.8, 4) is 12.3 Å². The number of halogens is 1. The molecule has 0 radical (unpaired) electrons. The van der Waals surface area contributed by atoms with Gasteiger partial charge in [0.2, 0.25) is 0 Å². The molecule has 1 rings (SSSR count). The smallest absolute Gasteiger partial charge is 0.164 e. The van der Waals surface area contributed by atoms with Gasteiger partial charge in [-0.05, 0) is 16.8 Å². The molecule has 1 heterocycles. The molecule has 0 saturated carbocycles. The lowest BCUT2D eigenvalue weighted by molar-refractivity contribution is 0.0938. The second kappa shape index (κ2) is 5.16. The molecule has 0 aliphatic heterocycles. The zero-order chi connectivity index (χ0) is 7.40. The second-order valence-electron chi connectivity index (χ2n) is 1.74. The van der Waals surface area contributed by atoms with Gasteiger partial charge in [0.15, 0.2) is 6.10 Å². The predicted octanol–water partition coefficient (Wildman–Crippen LogP) is 1.73. The van der Waals surface area contributed by atoms with E-state index in [4.69, 9.17) is 12.3 Å². The zero-order valence-electron chi connectivity index (χ0n) is 5.69. The van der Waals surface area contributed by atoms with Gasteiger partial charge in [0.05, 0.1) is 0 Å². The van der Waals surface area contributed by atoms with E-state index >= 15 is 0 Å². The van der Waals surface area contributed by atoms with Crippen LogP contribution in [0.15, 0.2) is 16.8 Å². The fourth-order valence-electron chi connectivity index (χ4n) is 0.638. The van der Waals surface area contributed by atoms with E-state index in [1.807, 2.05) is 16.8 Å². The Bertz CT molecular complexity index is 229. The third-order valence-electron chi connectivity index (χ3n) is 1.13. The summed E-state index contributed by atoms with van der Waals surface area (Å²) in [5.74, 6) is 7.35. The van der Waals surface area contributed by atoms with E-state index in [1.165, 1.54) is 0 Å². The molecule has 0 amide bonds. The average Bonchev–Trinajstić information content (AvgIpc) is 2.43. The highest BCUT2D eigenvalue weighted by Crippen LogP contribution is 2.16. The summed E-state index contributed by atoms with van der Waals surface area (Å²) in [6.07, 6.45) is 4.73. The van der Waals surface area contributed by atoms with Crippen LogP contribution in [0.25, 0.3) is 0 Å². The Morgan fingerprint density at radius 1 is 1.73 bits per heavy atom. The quantitative estimate of drug-likeness (QED) is 0.568. The minimum Gasteiger partial charge on any atom is -0.283 e. The summed E-state index contributed by atoms with van der Waals surface area (Å²) in [7, 11) is 0. The van der Waals surface area contributed by atoms with Crippen LogP contribution in [0.1, 0.15) is 11.7 Å². The van der Waals surface area contributed by atoms with Crippen LogP contribution < -0.4 is 5.90 Å². The minimum absolute atomic E-state index is 0. The van der Waals surface area contributed by atoms with Crippen molar-refractivity contribution in [3.05, 3.63) is 22.4 Å². The van der Waals surface area contributed by atoms with Crippen molar-refractivity contribution in [2.24, 2.45) is 5.90 Å². The maximum Gasteiger partial charge on any atom is 0.164 e. The third-order valence-corrected chi connectivity index (χ3v) is 1.83. The highest BCUT2D eigenvalue weighted by molar-refractivity contribution is 7.07. The van der Waals surface area contributed by atoms with Crippen molar-refractivity contribution in [2.75, 3.05) is 0 Å². The largest absolute Gasteiger partial charge is 0.283 e. The molecule has 0 aliphatic rings. The summed E-state index contributed by atoms with van der Waals surface area (Å²) in [4.78, 5) is 4.51. The molecule has 1 atom stereocenters. The molecule has 60 valence electrons. The number of hydrogen-bond donors (Lipinski definition) is 1. The van der Waals surface area contributed by atoms with Crippen molar-refractivity contribution >= 4 is 23.7 Å². The second-order valence-corrected chi connectivity index (χ2v) is 2.52. The van der Waals surface area contributed by atoms with E-state index in [0.717, 1.165) is 5.56 Å².